The molecular weight excluding hydrogens is 536 g/mol. The van der Waals surface area contributed by atoms with Crippen LogP contribution in [0.25, 0.3) is 0 Å². The van der Waals surface area contributed by atoms with Crippen molar-refractivity contribution in [2.75, 3.05) is 0 Å². The maximum Gasteiger partial charge on any atom is 0.407 e. The summed E-state index contributed by atoms with van der Waals surface area (Å²) in [6.07, 6.45) is -4.08. The van der Waals surface area contributed by atoms with Gasteiger partial charge in [0.15, 0.2) is 0 Å². The molecule has 1 amide bonds. The molecule has 0 radical (unpaired) electrons. The van der Waals surface area contributed by atoms with Crippen molar-refractivity contribution in [2.45, 2.75) is 59.4 Å². The molecule has 0 spiro atoms. The monoisotopic (exact) mass is 565 g/mol. The number of halogens is 2. The van der Waals surface area contributed by atoms with Gasteiger partial charge in [0, 0.05) is 18.4 Å². The van der Waals surface area contributed by atoms with Crippen molar-refractivity contribution in [1.29, 1.82) is 0 Å². The van der Waals surface area contributed by atoms with E-state index in [1.54, 1.807) is 20.8 Å². The first-order chi connectivity index (χ1) is 17.7. The predicted molar refractivity (Wildman–Crippen MR) is 139 cm³/mol. The van der Waals surface area contributed by atoms with E-state index < -0.39 is 63.8 Å². The van der Waals surface area contributed by atoms with E-state index in [1.165, 1.54) is 48.5 Å². The molecule has 3 aromatic rings. The first-order valence-electron chi connectivity index (χ1n) is 11.7. The summed E-state index contributed by atoms with van der Waals surface area (Å²) in [7, 11) is -10.4. The van der Waals surface area contributed by atoms with Crippen LogP contribution in [0, 0.1) is 5.82 Å². The average Bonchev–Trinajstić information content (AvgIpc) is 2.85. The molecule has 1 N–H and O–H groups in total. The van der Waals surface area contributed by atoms with Crippen molar-refractivity contribution in [3.8, 4) is 0 Å². The fraction of sp³-hybridized carbons (Fsp3) is 0.296. The molecule has 0 heterocycles. The number of ether oxygens (including phenoxy) is 1. The van der Waals surface area contributed by atoms with Crippen molar-refractivity contribution in [1.82, 2.24) is 5.32 Å². The van der Waals surface area contributed by atoms with Gasteiger partial charge in [0.25, 0.3) is 0 Å². The highest BCUT2D eigenvalue weighted by molar-refractivity contribution is 8.10. The molecule has 204 valence electrons. The molecule has 0 aromatic heterocycles. The van der Waals surface area contributed by atoms with E-state index >= 15 is 4.39 Å². The van der Waals surface area contributed by atoms with Crippen LogP contribution in [-0.4, -0.2) is 38.9 Å². The Balaban J connectivity index is 2.14. The second-order valence-corrected chi connectivity index (χ2v) is 14.2. The van der Waals surface area contributed by atoms with Crippen molar-refractivity contribution >= 4 is 25.8 Å². The highest BCUT2D eigenvalue weighted by atomic mass is 32.3. The summed E-state index contributed by atoms with van der Waals surface area (Å²) < 4.78 is 86.7. The third-order valence-corrected chi connectivity index (χ3v) is 10.5. The molecule has 0 aliphatic carbocycles. The first kappa shape index (κ1) is 29.2. The summed E-state index contributed by atoms with van der Waals surface area (Å²) in [6.45, 7) is 5.01. The molecule has 11 heteroatoms. The van der Waals surface area contributed by atoms with Crippen LogP contribution >= 0.6 is 0 Å². The SMILES string of the molecule is CC(C)(C)NC(=O)O[C@@H](Cc1ccc(F)cc1)CC(F)(S(=O)(=O)c1ccccc1)S(=O)(=O)c1ccccc1. The van der Waals surface area contributed by atoms with Crippen LogP contribution in [0.5, 0.6) is 0 Å². The van der Waals surface area contributed by atoms with Gasteiger partial charge in [-0.15, -0.1) is 0 Å². The molecule has 0 aliphatic heterocycles. The number of carbonyl (C=O) groups is 1. The Labute approximate surface area is 221 Å². The highest BCUT2D eigenvalue weighted by Crippen LogP contribution is 2.41. The fourth-order valence-electron chi connectivity index (χ4n) is 3.71. The van der Waals surface area contributed by atoms with Crippen LogP contribution in [0.3, 0.4) is 0 Å². The lowest BCUT2D eigenvalue weighted by Gasteiger charge is -2.30. The van der Waals surface area contributed by atoms with Gasteiger partial charge in [-0.25, -0.2) is 30.4 Å². The van der Waals surface area contributed by atoms with Crippen LogP contribution in [0.1, 0.15) is 32.8 Å². The van der Waals surface area contributed by atoms with Crippen molar-refractivity contribution < 1.29 is 35.1 Å². The summed E-state index contributed by atoms with van der Waals surface area (Å²) in [5.41, 5.74) is -0.382. The van der Waals surface area contributed by atoms with Crippen LogP contribution in [0.15, 0.2) is 94.7 Å². The molecule has 0 saturated heterocycles. The second kappa shape index (κ2) is 11.2. The minimum atomic E-state index is -5.20. The summed E-state index contributed by atoms with van der Waals surface area (Å²) >= 11 is 0. The number of alkyl halides is 1. The van der Waals surface area contributed by atoms with Gasteiger partial charge in [0.1, 0.15) is 11.9 Å². The molecule has 0 saturated carbocycles. The molecule has 7 nitrogen and oxygen atoms in total. The Bertz CT molecular complexity index is 1390. The normalized spacial score (nSPS) is 13.5. The third-order valence-electron chi connectivity index (χ3n) is 5.51. The number of sulfone groups is 2. The fourth-order valence-corrected chi connectivity index (χ4v) is 7.99. The topological polar surface area (TPSA) is 107 Å². The molecule has 0 unspecified atom stereocenters. The first-order valence-corrected chi connectivity index (χ1v) is 14.6. The van der Waals surface area contributed by atoms with Crippen molar-refractivity contribution in [2.24, 2.45) is 0 Å². The van der Waals surface area contributed by atoms with Crippen molar-refractivity contribution in [3.05, 3.63) is 96.3 Å². The lowest BCUT2D eigenvalue weighted by Crippen LogP contribution is -2.48. The molecule has 3 aromatic carbocycles. The van der Waals surface area contributed by atoms with Gasteiger partial charge < -0.3 is 10.1 Å². The van der Waals surface area contributed by atoms with E-state index in [9.17, 15) is 26.0 Å². The van der Waals surface area contributed by atoms with Gasteiger partial charge in [-0.2, -0.15) is 0 Å². The molecule has 3 rings (SSSR count). The number of rotatable bonds is 9. The zero-order valence-electron chi connectivity index (χ0n) is 21.1. The van der Waals surface area contributed by atoms with E-state index in [0.29, 0.717) is 5.56 Å². The predicted octanol–water partition coefficient (Wildman–Crippen LogP) is 5.22. The van der Waals surface area contributed by atoms with Gasteiger partial charge in [0.05, 0.1) is 9.79 Å². The van der Waals surface area contributed by atoms with Crippen LogP contribution in [0.4, 0.5) is 13.6 Å². The minimum absolute atomic E-state index is 0.280. The van der Waals surface area contributed by atoms with Crippen LogP contribution in [0.2, 0.25) is 0 Å². The van der Waals surface area contributed by atoms with Gasteiger partial charge in [-0.05, 0) is 62.7 Å². The Morgan fingerprint density at radius 2 is 1.26 bits per heavy atom. The quantitative estimate of drug-likeness (QED) is 0.381. The maximum atomic E-state index is 17.1. The number of carbonyl (C=O) groups excluding carboxylic acids is 1. The number of hydrogen-bond donors (Lipinski definition) is 1. The highest BCUT2D eigenvalue weighted by Gasteiger charge is 2.58. The van der Waals surface area contributed by atoms with Crippen LogP contribution < -0.4 is 5.32 Å². The Morgan fingerprint density at radius 1 is 0.816 bits per heavy atom. The zero-order chi connectivity index (χ0) is 28.2. The van der Waals surface area contributed by atoms with Crippen molar-refractivity contribution in [3.63, 3.8) is 0 Å². The summed E-state index contributed by atoms with van der Waals surface area (Å²) in [5, 5.41) is 2.53. The largest absolute Gasteiger partial charge is 0.446 e. The Morgan fingerprint density at radius 3 is 1.68 bits per heavy atom. The smallest absolute Gasteiger partial charge is 0.407 e. The minimum Gasteiger partial charge on any atom is -0.446 e. The maximum absolute atomic E-state index is 17.1. The van der Waals surface area contributed by atoms with Gasteiger partial charge in [0.2, 0.25) is 19.7 Å². The van der Waals surface area contributed by atoms with Gasteiger partial charge in [-0.3, -0.25) is 0 Å². The molecular formula is C27H29F2NO6S2. The lowest BCUT2D eigenvalue weighted by molar-refractivity contribution is 0.0744. The van der Waals surface area contributed by atoms with Crippen LogP contribution in [-0.2, 0) is 30.8 Å². The lowest BCUT2D eigenvalue weighted by atomic mass is 10.1. The number of nitrogens with one attached hydrogen (secondary N) is 1. The second-order valence-electron chi connectivity index (χ2n) is 9.73. The summed E-state index contributed by atoms with van der Waals surface area (Å²) in [5.74, 6) is -0.546. The van der Waals surface area contributed by atoms with Gasteiger partial charge >= 0.3 is 10.4 Å². The average molecular weight is 566 g/mol. The van der Waals surface area contributed by atoms with E-state index in [4.69, 9.17) is 4.74 Å². The molecule has 0 bridgehead atoms. The number of benzene rings is 3. The van der Waals surface area contributed by atoms with E-state index in [2.05, 4.69) is 5.32 Å². The third kappa shape index (κ3) is 6.57. The van der Waals surface area contributed by atoms with Gasteiger partial charge in [-0.1, -0.05) is 48.5 Å². The standard InChI is InChI=1S/C27H29F2NO6S2/c1-26(2,3)30-25(31)36-22(18-20-14-16-21(28)17-15-20)19-27(29,37(32,33)23-10-6-4-7-11-23)38(34,35)24-12-8-5-9-13-24/h4-17,22H,18-19H2,1-3H3,(H,30,31)/t22-/m0/s1. The number of hydrogen-bond acceptors (Lipinski definition) is 6. The number of alkyl carbamates (subject to hydrolysis) is 1. The summed E-state index contributed by atoms with van der Waals surface area (Å²) in [6, 6.07) is 17.7. The molecule has 0 fully saturated rings. The Hall–Kier alpha value is -3.31. The van der Waals surface area contributed by atoms with E-state index in [1.807, 2.05) is 0 Å². The number of amides is 1. The molecule has 1 atom stereocenters. The van der Waals surface area contributed by atoms with E-state index in [-0.39, 0.29) is 6.42 Å². The molecule has 38 heavy (non-hydrogen) atoms. The molecule has 0 aliphatic rings. The summed E-state index contributed by atoms with van der Waals surface area (Å²) in [4.78, 5) is 11.5. The van der Waals surface area contributed by atoms with E-state index in [0.717, 1.165) is 36.4 Å². The zero-order valence-corrected chi connectivity index (χ0v) is 22.7. The Kier molecular flexibility index (Phi) is 8.62.